The van der Waals surface area contributed by atoms with E-state index in [0.29, 0.717) is 36.2 Å². The number of carbonyl (C=O) groups excluding carboxylic acids is 1. The lowest BCUT2D eigenvalue weighted by Gasteiger charge is -2.20. The number of benzene rings is 3. The van der Waals surface area contributed by atoms with Gasteiger partial charge in [-0.15, -0.1) is 16.9 Å². The van der Waals surface area contributed by atoms with E-state index < -0.39 is 5.91 Å². The monoisotopic (exact) mass is 444 g/mol. The molecule has 5 rings (SSSR count). The van der Waals surface area contributed by atoms with E-state index in [1.54, 1.807) is 10.7 Å². The Morgan fingerprint density at radius 1 is 0.969 bits per heavy atom. The molecule has 0 radical (unpaired) electrons. The average Bonchev–Trinajstić information content (AvgIpc) is 3.30. The number of fused-ring (bicyclic) bond motifs is 1. The Balaban J connectivity index is 1.52. The Morgan fingerprint density at radius 3 is 2.31 bits per heavy atom. The number of nitrogens with zero attached hydrogens (tertiary/aromatic N) is 3. The van der Waals surface area contributed by atoms with E-state index in [9.17, 15) is 4.79 Å². The summed E-state index contributed by atoms with van der Waals surface area (Å²) in [5.41, 5.74) is 2.32. The number of rotatable bonds is 5. The van der Waals surface area contributed by atoms with Gasteiger partial charge >= 0.3 is 0 Å². The van der Waals surface area contributed by atoms with E-state index in [0.717, 1.165) is 16.1 Å². The van der Waals surface area contributed by atoms with Gasteiger partial charge in [0, 0.05) is 16.5 Å². The van der Waals surface area contributed by atoms with Crippen LogP contribution in [-0.2, 0) is 0 Å². The lowest BCUT2D eigenvalue weighted by atomic mass is 10.2. The highest BCUT2D eigenvalue weighted by Gasteiger charge is 2.21. The molecule has 1 amide bonds. The van der Waals surface area contributed by atoms with Crippen LogP contribution in [0.4, 0.5) is 5.69 Å². The zero-order valence-corrected chi connectivity index (χ0v) is 18.1. The molecule has 1 aliphatic rings. The molecule has 7 nitrogen and oxygen atoms in total. The van der Waals surface area contributed by atoms with E-state index in [4.69, 9.17) is 9.47 Å². The molecule has 0 aliphatic carbocycles. The number of anilines is 1. The SMILES string of the molecule is CSc1cc2c(cc1NC(=O)c1nc(-c3ccccc3)n(-c3ccccc3)n1)OCCO2. The predicted molar refractivity (Wildman–Crippen MR) is 124 cm³/mol. The van der Waals surface area contributed by atoms with Crippen molar-refractivity contribution in [3.63, 3.8) is 0 Å². The van der Waals surface area contributed by atoms with Crippen molar-refractivity contribution in [1.29, 1.82) is 0 Å². The summed E-state index contributed by atoms with van der Waals surface area (Å²) < 4.78 is 13.0. The van der Waals surface area contributed by atoms with Crippen molar-refractivity contribution in [2.24, 2.45) is 0 Å². The van der Waals surface area contributed by atoms with Crippen molar-refractivity contribution in [3.8, 4) is 28.6 Å². The van der Waals surface area contributed by atoms with Gasteiger partial charge in [-0.05, 0) is 24.5 Å². The van der Waals surface area contributed by atoms with Crippen LogP contribution in [0.2, 0.25) is 0 Å². The van der Waals surface area contributed by atoms with Crippen LogP contribution in [0.25, 0.3) is 17.1 Å². The van der Waals surface area contributed by atoms with Gasteiger partial charge in [-0.2, -0.15) is 0 Å². The van der Waals surface area contributed by atoms with Crippen molar-refractivity contribution in [3.05, 3.63) is 78.6 Å². The molecular formula is C24H20N4O3S. The summed E-state index contributed by atoms with van der Waals surface area (Å²) in [5, 5.41) is 7.46. The smallest absolute Gasteiger partial charge is 0.295 e. The minimum atomic E-state index is -0.399. The maximum Gasteiger partial charge on any atom is 0.295 e. The summed E-state index contributed by atoms with van der Waals surface area (Å²) >= 11 is 1.51. The number of ether oxygens (including phenoxy) is 2. The summed E-state index contributed by atoms with van der Waals surface area (Å²) in [5.74, 6) is 1.56. The van der Waals surface area contributed by atoms with Crippen LogP contribution < -0.4 is 14.8 Å². The van der Waals surface area contributed by atoms with Crippen molar-refractivity contribution in [1.82, 2.24) is 14.8 Å². The second-order valence-electron chi connectivity index (χ2n) is 7.02. The largest absolute Gasteiger partial charge is 0.486 e. The third-order valence-electron chi connectivity index (χ3n) is 4.96. The number of para-hydroxylation sites is 1. The van der Waals surface area contributed by atoms with Crippen molar-refractivity contribution in [2.45, 2.75) is 4.90 Å². The molecule has 0 saturated heterocycles. The number of hydrogen-bond acceptors (Lipinski definition) is 6. The predicted octanol–water partition coefficient (Wildman–Crippen LogP) is 4.68. The van der Waals surface area contributed by atoms with E-state index in [1.807, 2.05) is 73.0 Å². The van der Waals surface area contributed by atoms with Crippen molar-refractivity contribution >= 4 is 23.4 Å². The van der Waals surface area contributed by atoms with E-state index in [-0.39, 0.29) is 5.82 Å². The summed E-state index contributed by atoms with van der Waals surface area (Å²) in [6.07, 6.45) is 1.94. The zero-order chi connectivity index (χ0) is 21.9. The molecule has 0 atom stereocenters. The maximum absolute atomic E-state index is 13.1. The van der Waals surface area contributed by atoms with Crippen LogP contribution in [-0.4, -0.2) is 40.1 Å². The standard InChI is InChI=1S/C24H20N4O3S/c1-32-21-15-20-19(30-12-13-31-20)14-18(21)25-24(29)22-26-23(16-8-4-2-5-9-16)28(27-22)17-10-6-3-7-11-17/h2-11,14-15H,12-13H2,1H3,(H,25,29). The highest BCUT2D eigenvalue weighted by Crippen LogP contribution is 2.39. The van der Waals surface area contributed by atoms with Crippen LogP contribution in [0, 0.1) is 0 Å². The number of thioether (sulfide) groups is 1. The Morgan fingerprint density at radius 2 is 1.62 bits per heavy atom. The maximum atomic E-state index is 13.1. The fourth-order valence-corrected chi connectivity index (χ4v) is 4.00. The third-order valence-corrected chi connectivity index (χ3v) is 5.73. The van der Waals surface area contributed by atoms with Gasteiger partial charge in [0.2, 0.25) is 5.82 Å². The van der Waals surface area contributed by atoms with E-state index in [1.165, 1.54) is 11.8 Å². The molecule has 0 bridgehead atoms. The number of carbonyl (C=O) groups is 1. The van der Waals surface area contributed by atoms with Gasteiger partial charge in [0.05, 0.1) is 11.4 Å². The summed E-state index contributed by atoms with van der Waals surface area (Å²) in [6.45, 7) is 0.984. The molecule has 8 heteroatoms. The molecule has 1 N–H and O–H groups in total. The van der Waals surface area contributed by atoms with Crippen LogP contribution >= 0.6 is 11.8 Å². The third kappa shape index (κ3) is 3.92. The molecule has 0 spiro atoms. The molecule has 0 saturated carbocycles. The van der Waals surface area contributed by atoms with Gasteiger partial charge in [-0.1, -0.05) is 48.5 Å². The molecule has 0 unspecified atom stereocenters. The highest BCUT2D eigenvalue weighted by atomic mass is 32.2. The molecule has 32 heavy (non-hydrogen) atoms. The minimum Gasteiger partial charge on any atom is -0.486 e. The molecular weight excluding hydrogens is 424 g/mol. The first kappa shape index (κ1) is 20.1. The average molecular weight is 445 g/mol. The Labute approximate surface area is 189 Å². The van der Waals surface area contributed by atoms with Crippen LogP contribution in [0.1, 0.15) is 10.6 Å². The van der Waals surface area contributed by atoms with Gasteiger partial charge in [-0.25, -0.2) is 9.67 Å². The van der Waals surface area contributed by atoms with Gasteiger partial charge in [-0.3, -0.25) is 4.79 Å². The minimum absolute atomic E-state index is 0.0784. The second kappa shape index (κ2) is 8.76. The molecule has 3 aromatic carbocycles. The first-order valence-corrected chi connectivity index (χ1v) is 11.3. The van der Waals surface area contributed by atoms with E-state index >= 15 is 0 Å². The van der Waals surface area contributed by atoms with Crippen molar-refractivity contribution in [2.75, 3.05) is 24.8 Å². The topological polar surface area (TPSA) is 78.3 Å². The van der Waals surface area contributed by atoms with Crippen LogP contribution in [0.3, 0.4) is 0 Å². The fraction of sp³-hybridized carbons (Fsp3) is 0.125. The second-order valence-corrected chi connectivity index (χ2v) is 7.87. The summed E-state index contributed by atoms with van der Waals surface area (Å²) in [7, 11) is 0. The van der Waals surface area contributed by atoms with Crippen LogP contribution in [0.5, 0.6) is 11.5 Å². The van der Waals surface area contributed by atoms with E-state index in [2.05, 4.69) is 15.4 Å². The zero-order valence-electron chi connectivity index (χ0n) is 17.3. The Kier molecular flexibility index (Phi) is 5.51. The van der Waals surface area contributed by atoms with Crippen LogP contribution in [0.15, 0.2) is 77.7 Å². The number of aromatic nitrogens is 3. The molecule has 4 aromatic rings. The molecule has 0 fully saturated rings. The number of hydrogen-bond donors (Lipinski definition) is 1. The lowest BCUT2D eigenvalue weighted by molar-refractivity contribution is 0.101. The molecule has 1 aromatic heterocycles. The van der Waals surface area contributed by atoms with Gasteiger partial charge in [0.15, 0.2) is 17.3 Å². The fourth-order valence-electron chi connectivity index (χ4n) is 3.45. The molecule has 160 valence electrons. The Hall–Kier alpha value is -3.78. The highest BCUT2D eigenvalue weighted by molar-refractivity contribution is 7.98. The first-order chi connectivity index (χ1) is 15.7. The van der Waals surface area contributed by atoms with Gasteiger partial charge in [0.25, 0.3) is 5.91 Å². The van der Waals surface area contributed by atoms with Crippen molar-refractivity contribution < 1.29 is 14.3 Å². The summed E-state index contributed by atoms with van der Waals surface area (Å²) in [6, 6.07) is 23.0. The normalized spacial score (nSPS) is 12.4. The first-order valence-electron chi connectivity index (χ1n) is 10.1. The number of nitrogens with one attached hydrogen (secondary N) is 1. The summed E-state index contributed by atoms with van der Waals surface area (Å²) in [4.78, 5) is 18.6. The van der Waals surface area contributed by atoms with Gasteiger partial charge < -0.3 is 14.8 Å². The lowest BCUT2D eigenvalue weighted by Crippen LogP contribution is -2.18. The molecule has 2 heterocycles. The quantitative estimate of drug-likeness (QED) is 0.451. The Bertz CT molecular complexity index is 1200. The molecule has 1 aliphatic heterocycles. The van der Waals surface area contributed by atoms with Gasteiger partial charge in [0.1, 0.15) is 13.2 Å². The number of amides is 1.